The Morgan fingerprint density at radius 1 is 0.963 bits per heavy atom. The number of carbonyl (C=O) groups is 2. The van der Waals surface area contributed by atoms with E-state index in [1.165, 1.54) is 30.4 Å². The van der Waals surface area contributed by atoms with E-state index in [0.717, 1.165) is 37.7 Å². The van der Waals surface area contributed by atoms with E-state index in [4.69, 9.17) is 9.47 Å². The molecule has 0 atom stereocenters. The second-order valence-corrected chi connectivity index (χ2v) is 7.44. The summed E-state index contributed by atoms with van der Waals surface area (Å²) in [6.45, 7) is 0. The number of nitrogens with one attached hydrogen (secondary N) is 2. The Bertz CT molecular complexity index is 838. The third-order valence-corrected chi connectivity index (χ3v) is 5.96. The zero-order valence-corrected chi connectivity index (χ0v) is 16.6. The third-order valence-electron chi connectivity index (χ3n) is 4.76. The minimum atomic E-state index is -0.356. The van der Waals surface area contributed by atoms with Crippen LogP contribution in [0.5, 0.6) is 11.5 Å². The summed E-state index contributed by atoms with van der Waals surface area (Å²) in [5.74, 6) is 0.320. The number of hydrogen-bond donors (Lipinski definition) is 2. The zero-order valence-electron chi connectivity index (χ0n) is 15.8. The fourth-order valence-corrected chi connectivity index (χ4v) is 4.72. The summed E-state index contributed by atoms with van der Waals surface area (Å²) in [5, 5.41) is 6.21. The van der Waals surface area contributed by atoms with Crippen LogP contribution >= 0.6 is 11.3 Å². The topological polar surface area (TPSA) is 76.7 Å². The van der Waals surface area contributed by atoms with Gasteiger partial charge in [-0.3, -0.25) is 9.59 Å². The van der Waals surface area contributed by atoms with Crippen LogP contribution in [0.4, 0.5) is 5.00 Å². The molecule has 1 aromatic heterocycles. The summed E-state index contributed by atoms with van der Waals surface area (Å²) < 4.78 is 10.7. The van der Waals surface area contributed by atoms with E-state index in [0.29, 0.717) is 27.6 Å². The lowest BCUT2D eigenvalue weighted by Crippen LogP contribution is -2.22. The van der Waals surface area contributed by atoms with Gasteiger partial charge in [-0.2, -0.15) is 0 Å². The lowest BCUT2D eigenvalue weighted by molar-refractivity contribution is 0.0963. The summed E-state index contributed by atoms with van der Waals surface area (Å²) in [6.07, 6.45) is 5.13. The van der Waals surface area contributed by atoms with Crippen molar-refractivity contribution in [2.24, 2.45) is 0 Å². The highest BCUT2D eigenvalue weighted by molar-refractivity contribution is 7.17. The number of thiophene rings is 1. The second-order valence-electron chi connectivity index (χ2n) is 6.34. The van der Waals surface area contributed by atoms with Crippen LogP contribution in [0.25, 0.3) is 0 Å². The molecule has 1 aliphatic rings. The largest absolute Gasteiger partial charge is 0.496 e. The molecule has 0 saturated heterocycles. The minimum Gasteiger partial charge on any atom is -0.496 e. The van der Waals surface area contributed by atoms with E-state index in [9.17, 15) is 9.59 Å². The molecule has 0 saturated carbocycles. The van der Waals surface area contributed by atoms with Crippen molar-refractivity contribution in [3.63, 3.8) is 0 Å². The summed E-state index contributed by atoms with van der Waals surface area (Å²) >= 11 is 1.49. The van der Waals surface area contributed by atoms with Crippen molar-refractivity contribution < 1.29 is 19.1 Å². The van der Waals surface area contributed by atoms with Crippen LogP contribution in [-0.2, 0) is 12.8 Å². The molecular formula is C20H24N2O4S. The first-order chi connectivity index (χ1) is 13.1. The van der Waals surface area contributed by atoms with Crippen molar-refractivity contribution in [3.8, 4) is 11.5 Å². The van der Waals surface area contributed by atoms with Gasteiger partial charge in [0.2, 0.25) is 0 Å². The average Bonchev–Trinajstić information content (AvgIpc) is 2.86. The lowest BCUT2D eigenvalue weighted by atomic mass is 10.0. The van der Waals surface area contributed by atoms with Gasteiger partial charge in [-0.15, -0.1) is 11.3 Å². The molecule has 0 aliphatic heterocycles. The van der Waals surface area contributed by atoms with Crippen molar-refractivity contribution in [2.75, 3.05) is 26.6 Å². The molecule has 2 aromatic rings. The number of carbonyl (C=O) groups excluding carboxylic acids is 2. The third kappa shape index (κ3) is 3.78. The molecule has 27 heavy (non-hydrogen) atoms. The van der Waals surface area contributed by atoms with Crippen molar-refractivity contribution >= 4 is 28.2 Å². The Balaban J connectivity index is 2.01. The van der Waals surface area contributed by atoms with Crippen molar-refractivity contribution in [2.45, 2.75) is 32.1 Å². The van der Waals surface area contributed by atoms with Crippen LogP contribution in [-0.4, -0.2) is 33.1 Å². The quantitative estimate of drug-likeness (QED) is 0.767. The summed E-state index contributed by atoms with van der Waals surface area (Å²) in [7, 11) is 4.63. The van der Waals surface area contributed by atoms with Gasteiger partial charge in [0, 0.05) is 11.9 Å². The molecule has 0 fully saturated rings. The smallest absolute Gasteiger partial charge is 0.263 e. The maximum atomic E-state index is 13.0. The Labute approximate surface area is 162 Å². The first kappa shape index (κ1) is 19.2. The van der Waals surface area contributed by atoms with Gasteiger partial charge in [0.1, 0.15) is 22.1 Å². The average molecular weight is 388 g/mol. The highest BCUT2D eigenvalue weighted by Crippen LogP contribution is 2.38. The van der Waals surface area contributed by atoms with Gasteiger partial charge < -0.3 is 20.1 Å². The normalized spacial score (nSPS) is 13.3. The Morgan fingerprint density at radius 2 is 1.63 bits per heavy atom. The summed E-state index contributed by atoms with van der Waals surface area (Å²) in [4.78, 5) is 26.7. The highest BCUT2D eigenvalue weighted by Gasteiger charge is 2.27. The van der Waals surface area contributed by atoms with Crippen LogP contribution in [0, 0.1) is 0 Å². The maximum Gasteiger partial charge on any atom is 0.263 e. The number of aryl methyl sites for hydroxylation is 1. The van der Waals surface area contributed by atoms with E-state index < -0.39 is 0 Å². The number of fused-ring (bicyclic) bond motifs is 1. The number of hydrogen-bond acceptors (Lipinski definition) is 5. The monoisotopic (exact) mass is 388 g/mol. The van der Waals surface area contributed by atoms with E-state index >= 15 is 0 Å². The fourth-order valence-electron chi connectivity index (χ4n) is 3.44. The molecule has 144 valence electrons. The van der Waals surface area contributed by atoms with Gasteiger partial charge in [0.05, 0.1) is 19.8 Å². The van der Waals surface area contributed by atoms with Gasteiger partial charge in [0.25, 0.3) is 11.8 Å². The number of amides is 2. The molecule has 2 N–H and O–H groups in total. The molecule has 1 heterocycles. The number of methoxy groups -OCH3 is 2. The van der Waals surface area contributed by atoms with E-state index in [1.807, 2.05) is 0 Å². The Hall–Kier alpha value is -2.54. The molecule has 0 bridgehead atoms. The van der Waals surface area contributed by atoms with Crippen LogP contribution < -0.4 is 20.1 Å². The zero-order chi connectivity index (χ0) is 19.4. The van der Waals surface area contributed by atoms with Crippen molar-refractivity contribution in [1.82, 2.24) is 5.32 Å². The van der Waals surface area contributed by atoms with Gasteiger partial charge >= 0.3 is 0 Å². The molecular weight excluding hydrogens is 364 g/mol. The molecule has 0 radical (unpaired) electrons. The van der Waals surface area contributed by atoms with Gasteiger partial charge in [0.15, 0.2) is 0 Å². The SMILES string of the molecule is CNC(=O)c1c(NC(=O)c2c(OC)cccc2OC)sc2c1CCCCC2. The van der Waals surface area contributed by atoms with Crippen LogP contribution in [0.1, 0.15) is 50.4 Å². The summed E-state index contributed by atoms with van der Waals surface area (Å²) in [6, 6.07) is 5.18. The molecule has 2 amide bonds. The summed E-state index contributed by atoms with van der Waals surface area (Å²) in [5.41, 5.74) is 1.97. The predicted molar refractivity (Wildman–Crippen MR) is 106 cm³/mol. The van der Waals surface area contributed by atoms with Crippen LogP contribution in [0.2, 0.25) is 0 Å². The number of rotatable bonds is 5. The number of benzene rings is 1. The molecule has 0 spiro atoms. The van der Waals surface area contributed by atoms with E-state index in [-0.39, 0.29) is 11.8 Å². The predicted octanol–water partition coefficient (Wildman–Crippen LogP) is 3.65. The van der Waals surface area contributed by atoms with Crippen molar-refractivity contribution in [1.29, 1.82) is 0 Å². The lowest BCUT2D eigenvalue weighted by Gasteiger charge is -2.13. The molecule has 1 aromatic carbocycles. The van der Waals surface area contributed by atoms with Gasteiger partial charge in [-0.1, -0.05) is 12.5 Å². The van der Waals surface area contributed by atoms with Crippen LogP contribution in [0.3, 0.4) is 0 Å². The molecule has 7 heteroatoms. The first-order valence-electron chi connectivity index (χ1n) is 8.99. The number of anilines is 1. The minimum absolute atomic E-state index is 0.170. The number of ether oxygens (including phenoxy) is 2. The van der Waals surface area contributed by atoms with Crippen LogP contribution in [0.15, 0.2) is 18.2 Å². The van der Waals surface area contributed by atoms with Gasteiger partial charge in [-0.25, -0.2) is 0 Å². The molecule has 1 aliphatic carbocycles. The standard InChI is InChI=1S/C20H24N2O4S/c1-21-18(23)16-12-8-5-4-6-11-15(12)27-20(16)22-19(24)17-13(25-2)9-7-10-14(17)26-3/h7,9-10H,4-6,8,11H2,1-3H3,(H,21,23)(H,22,24). The Morgan fingerprint density at radius 3 is 2.26 bits per heavy atom. The Kier molecular flexibility index (Phi) is 6.01. The fraction of sp³-hybridized carbons (Fsp3) is 0.400. The molecule has 3 rings (SSSR count). The molecule has 0 unspecified atom stereocenters. The van der Waals surface area contributed by atoms with E-state index in [2.05, 4.69) is 10.6 Å². The van der Waals surface area contributed by atoms with Gasteiger partial charge in [-0.05, 0) is 43.4 Å². The second kappa shape index (κ2) is 8.43. The molecule has 6 nitrogen and oxygen atoms in total. The maximum absolute atomic E-state index is 13.0. The van der Waals surface area contributed by atoms with E-state index in [1.54, 1.807) is 25.2 Å². The first-order valence-corrected chi connectivity index (χ1v) is 9.81. The van der Waals surface area contributed by atoms with Crippen molar-refractivity contribution in [3.05, 3.63) is 39.8 Å². The highest BCUT2D eigenvalue weighted by atomic mass is 32.1.